The number of rotatable bonds is 9. The highest BCUT2D eigenvalue weighted by Gasteiger charge is 2.31. The van der Waals surface area contributed by atoms with Gasteiger partial charge >= 0.3 is 5.97 Å². The van der Waals surface area contributed by atoms with E-state index >= 15 is 0 Å². The quantitative estimate of drug-likeness (QED) is 0.385. The van der Waals surface area contributed by atoms with Gasteiger partial charge in [-0.2, -0.15) is 0 Å². The molecule has 0 N–H and O–H groups in total. The molecule has 1 aromatic carbocycles. The van der Waals surface area contributed by atoms with Crippen LogP contribution < -0.4 is 4.74 Å². The van der Waals surface area contributed by atoms with Crippen LogP contribution in [0.1, 0.15) is 32.1 Å². The lowest BCUT2D eigenvalue weighted by molar-refractivity contribution is -0.139. The van der Waals surface area contributed by atoms with Crippen molar-refractivity contribution in [2.75, 3.05) is 13.7 Å². The third-order valence-corrected chi connectivity index (χ3v) is 4.40. The zero-order chi connectivity index (χ0) is 17.9. The van der Waals surface area contributed by atoms with Gasteiger partial charge in [-0.15, -0.1) is 0 Å². The van der Waals surface area contributed by atoms with Crippen molar-refractivity contribution < 1.29 is 19.1 Å². The fourth-order valence-electron chi connectivity index (χ4n) is 3.01. The van der Waals surface area contributed by atoms with Gasteiger partial charge in [-0.3, -0.25) is 9.59 Å². The summed E-state index contributed by atoms with van der Waals surface area (Å²) >= 11 is 0. The molecule has 0 aromatic heterocycles. The summed E-state index contributed by atoms with van der Waals surface area (Å²) in [7, 11) is 1.37. The van der Waals surface area contributed by atoms with Crippen LogP contribution >= 0.6 is 0 Å². The number of methoxy groups -OCH3 is 1. The monoisotopic (exact) mass is 342 g/mol. The highest BCUT2D eigenvalue weighted by Crippen LogP contribution is 2.32. The summed E-state index contributed by atoms with van der Waals surface area (Å²) < 4.78 is 10.3. The van der Waals surface area contributed by atoms with Crippen molar-refractivity contribution in [1.82, 2.24) is 0 Å². The van der Waals surface area contributed by atoms with Crippen molar-refractivity contribution >= 4 is 11.8 Å². The van der Waals surface area contributed by atoms with Gasteiger partial charge < -0.3 is 9.47 Å². The summed E-state index contributed by atoms with van der Waals surface area (Å²) in [6.07, 6.45) is 11.3. The van der Waals surface area contributed by atoms with Gasteiger partial charge in [0.25, 0.3) is 0 Å². The number of carbonyl (C=O) groups is 2. The number of ether oxygens (including phenoxy) is 2. The lowest BCUT2D eigenvalue weighted by atomic mass is 9.91. The van der Waals surface area contributed by atoms with E-state index in [1.165, 1.54) is 7.11 Å². The van der Waals surface area contributed by atoms with Crippen LogP contribution in [0.5, 0.6) is 5.75 Å². The van der Waals surface area contributed by atoms with E-state index in [1.807, 2.05) is 36.4 Å². The van der Waals surface area contributed by atoms with E-state index in [1.54, 1.807) is 6.08 Å². The minimum absolute atomic E-state index is 0.0280. The second-order valence-electron chi connectivity index (χ2n) is 6.14. The second-order valence-corrected chi connectivity index (χ2v) is 6.14. The number of Topliss-reactive ketones (excluding diaryl/α,β-unsaturated/α-hetero) is 1. The van der Waals surface area contributed by atoms with Crippen molar-refractivity contribution in [3.63, 3.8) is 0 Å². The van der Waals surface area contributed by atoms with E-state index in [2.05, 4.69) is 16.9 Å². The molecule has 1 aliphatic rings. The van der Waals surface area contributed by atoms with E-state index < -0.39 is 0 Å². The summed E-state index contributed by atoms with van der Waals surface area (Å²) in [6, 6.07) is 9.75. The third-order valence-electron chi connectivity index (χ3n) is 4.40. The van der Waals surface area contributed by atoms with Crippen molar-refractivity contribution in [2.24, 2.45) is 11.8 Å². The molecule has 1 aromatic rings. The zero-order valence-corrected chi connectivity index (χ0v) is 14.7. The van der Waals surface area contributed by atoms with Crippen LogP contribution in [0.15, 0.2) is 54.6 Å². The summed E-state index contributed by atoms with van der Waals surface area (Å²) in [5, 5.41) is 0. The lowest BCUT2D eigenvalue weighted by Gasteiger charge is -2.12. The van der Waals surface area contributed by atoms with Gasteiger partial charge in [-0.25, -0.2) is 0 Å². The zero-order valence-electron chi connectivity index (χ0n) is 14.7. The minimum atomic E-state index is -0.260. The van der Waals surface area contributed by atoms with Crippen LogP contribution in [0.2, 0.25) is 0 Å². The van der Waals surface area contributed by atoms with Crippen molar-refractivity contribution in [3.05, 3.63) is 54.6 Å². The summed E-state index contributed by atoms with van der Waals surface area (Å²) in [6.45, 7) is 0.630. The van der Waals surface area contributed by atoms with Gasteiger partial charge in [-0.05, 0) is 37.3 Å². The molecule has 0 unspecified atom stereocenters. The van der Waals surface area contributed by atoms with E-state index in [0.717, 1.165) is 18.6 Å². The summed E-state index contributed by atoms with van der Waals surface area (Å²) in [5.74, 6) is 1.24. The fourth-order valence-corrected chi connectivity index (χ4v) is 3.01. The van der Waals surface area contributed by atoms with Crippen LogP contribution in [-0.2, 0) is 14.3 Å². The van der Waals surface area contributed by atoms with Crippen molar-refractivity contribution in [2.45, 2.75) is 32.1 Å². The van der Waals surface area contributed by atoms with Crippen LogP contribution in [0.4, 0.5) is 0 Å². The largest absolute Gasteiger partial charge is 0.493 e. The standard InChI is InChI=1S/C21H26O4/c1-24-21(23)13-6-5-12-19-17(14-15-20(19)22)9-7-8-16-25-18-10-3-2-4-11-18/h2-7,9-11,17,19H,8,12-16H2,1H3/b6-5+,9-7+/t17-,19+/m0/s1. The molecule has 2 rings (SSSR count). The van der Waals surface area contributed by atoms with Crippen LogP contribution in [-0.4, -0.2) is 25.5 Å². The van der Waals surface area contributed by atoms with Gasteiger partial charge in [0.15, 0.2) is 0 Å². The molecule has 0 heterocycles. The van der Waals surface area contributed by atoms with E-state index in [-0.39, 0.29) is 24.2 Å². The van der Waals surface area contributed by atoms with Gasteiger partial charge in [0.1, 0.15) is 11.5 Å². The molecule has 1 fully saturated rings. The van der Waals surface area contributed by atoms with Crippen LogP contribution in [0.25, 0.3) is 0 Å². The van der Waals surface area contributed by atoms with E-state index in [0.29, 0.717) is 25.2 Å². The molecule has 2 atom stereocenters. The smallest absolute Gasteiger partial charge is 0.309 e. The highest BCUT2D eigenvalue weighted by atomic mass is 16.5. The number of esters is 1. The molecular formula is C21H26O4. The third kappa shape index (κ3) is 6.57. The molecule has 4 heteroatoms. The number of benzene rings is 1. The summed E-state index contributed by atoms with van der Waals surface area (Å²) in [5.41, 5.74) is 0. The summed E-state index contributed by atoms with van der Waals surface area (Å²) in [4.78, 5) is 23.1. The number of ketones is 1. The van der Waals surface area contributed by atoms with Gasteiger partial charge in [-0.1, -0.05) is 42.5 Å². The maximum atomic E-state index is 12.1. The number of para-hydroxylation sites is 1. The Bertz CT molecular complexity index is 604. The molecule has 4 nitrogen and oxygen atoms in total. The lowest BCUT2D eigenvalue weighted by Crippen LogP contribution is -2.12. The normalized spacial score (nSPS) is 20.4. The molecule has 0 bridgehead atoms. The molecule has 0 radical (unpaired) electrons. The number of carbonyl (C=O) groups excluding carboxylic acids is 2. The average molecular weight is 342 g/mol. The predicted octanol–water partition coefficient (Wildman–Crippen LogP) is 4.12. The molecule has 1 saturated carbocycles. The molecule has 1 aliphatic carbocycles. The second kappa shape index (κ2) is 10.5. The Morgan fingerprint density at radius 1 is 1.20 bits per heavy atom. The molecule has 0 amide bonds. The number of hydrogen-bond acceptors (Lipinski definition) is 4. The number of hydrogen-bond donors (Lipinski definition) is 0. The first-order valence-electron chi connectivity index (χ1n) is 8.79. The fraction of sp³-hybridized carbons (Fsp3) is 0.429. The van der Waals surface area contributed by atoms with E-state index in [4.69, 9.17) is 4.74 Å². The van der Waals surface area contributed by atoms with E-state index in [9.17, 15) is 9.59 Å². The molecule has 0 spiro atoms. The Kier molecular flexibility index (Phi) is 7.96. The first kappa shape index (κ1) is 19.0. The molecule has 0 saturated heterocycles. The van der Waals surface area contributed by atoms with Crippen molar-refractivity contribution in [3.8, 4) is 5.75 Å². The average Bonchev–Trinajstić information content (AvgIpc) is 2.99. The minimum Gasteiger partial charge on any atom is -0.493 e. The molecule has 25 heavy (non-hydrogen) atoms. The molecule has 0 aliphatic heterocycles. The van der Waals surface area contributed by atoms with Crippen molar-refractivity contribution in [1.29, 1.82) is 0 Å². The maximum absolute atomic E-state index is 12.1. The molecular weight excluding hydrogens is 316 g/mol. The van der Waals surface area contributed by atoms with Gasteiger partial charge in [0, 0.05) is 12.3 Å². The highest BCUT2D eigenvalue weighted by molar-refractivity contribution is 5.83. The first-order valence-corrected chi connectivity index (χ1v) is 8.79. The Balaban J connectivity index is 1.73. The Morgan fingerprint density at radius 3 is 2.76 bits per heavy atom. The van der Waals surface area contributed by atoms with Gasteiger partial charge in [0.2, 0.25) is 0 Å². The SMILES string of the molecule is COC(=O)C/C=C/C[C@H]1C(=O)CC[C@@H]1/C=C/CCOc1ccccc1. The Labute approximate surface area is 149 Å². The van der Waals surface area contributed by atoms with Gasteiger partial charge in [0.05, 0.1) is 20.1 Å². The maximum Gasteiger partial charge on any atom is 0.309 e. The Hall–Kier alpha value is -2.36. The topological polar surface area (TPSA) is 52.6 Å². The predicted molar refractivity (Wildman–Crippen MR) is 97.3 cm³/mol. The first-order chi connectivity index (χ1) is 12.2. The molecule has 134 valence electrons. The van der Waals surface area contributed by atoms with Crippen LogP contribution in [0.3, 0.4) is 0 Å². The Morgan fingerprint density at radius 2 is 2.00 bits per heavy atom. The van der Waals surface area contributed by atoms with Crippen LogP contribution in [0, 0.1) is 11.8 Å². The number of allylic oxidation sites excluding steroid dienone is 2.